The number of carbonyl (C=O) groups excluding carboxylic acids is 1. The van der Waals surface area contributed by atoms with Gasteiger partial charge in [0.15, 0.2) is 0 Å². The summed E-state index contributed by atoms with van der Waals surface area (Å²) in [4.78, 5) is 13.5. The van der Waals surface area contributed by atoms with Crippen molar-refractivity contribution in [3.05, 3.63) is 6.20 Å². The Morgan fingerprint density at radius 2 is 2.38 bits per heavy atom. The number of amides is 1. The summed E-state index contributed by atoms with van der Waals surface area (Å²) in [5.74, 6) is 0.814. The van der Waals surface area contributed by atoms with E-state index in [-0.39, 0.29) is 5.91 Å². The number of nitrogens with two attached hydrogens (primary N) is 1. The van der Waals surface area contributed by atoms with Gasteiger partial charge in [0.2, 0.25) is 5.91 Å². The van der Waals surface area contributed by atoms with Crippen LogP contribution in [0.25, 0.3) is 0 Å². The van der Waals surface area contributed by atoms with Gasteiger partial charge < -0.3 is 16.0 Å². The van der Waals surface area contributed by atoms with Gasteiger partial charge in [-0.25, -0.2) is 0 Å². The Hall–Kier alpha value is -1.56. The SMILES string of the molecule is CCN(C)c1c(NC(=O)CCN)cnn1C. The van der Waals surface area contributed by atoms with E-state index in [1.165, 1.54) is 0 Å². The van der Waals surface area contributed by atoms with E-state index in [2.05, 4.69) is 10.4 Å². The highest BCUT2D eigenvalue weighted by Gasteiger charge is 2.13. The first-order valence-electron chi connectivity index (χ1n) is 5.33. The molecule has 6 nitrogen and oxygen atoms in total. The molecular formula is C10H19N5O. The fraction of sp³-hybridized carbons (Fsp3) is 0.600. The molecule has 1 rings (SSSR count). The van der Waals surface area contributed by atoms with E-state index in [0.717, 1.165) is 18.1 Å². The highest BCUT2D eigenvalue weighted by Crippen LogP contribution is 2.23. The van der Waals surface area contributed by atoms with E-state index in [1.807, 2.05) is 25.9 Å². The Labute approximate surface area is 95.4 Å². The van der Waals surface area contributed by atoms with Crippen LogP contribution >= 0.6 is 0 Å². The van der Waals surface area contributed by atoms with Gasteiger partial charge >= 0.3 is 0 Å². The number of aromatic nitrogens is 2. The Bertz CT molecular complexity index is 360. The van der Waals surface area contributed by atoms with E-state index >= 15 is 0 Å². The van der Waals surface area contributed by atoms with Crippen molar-refractivity contribution >= 4 is 17.4 Å². The molecule has 0 saturated heterocycles. The van der Waals surface area contributed by atoms with Crippen LogP contribution in [0.15, 0.2) is 6.20 Å². The second-order valence-corrected chi connectivity index (χ2v) is 3.61. The zero-order chi connectivity index (χ0) is 12.1. The molecule has 0 aliphatic rings. The summed E-state index contributed by atoms with van der Waals surface area (Å²) in [7, 11) is 3.80. The Morgan fingerprint density at radius 3 is 2.94 bits per heavy atom. The zero-order valence-corrected chi connectivity index (χ0v) is 10.0. The number of anilines is 2. The van der Waals surface area contributed by atoms with Crippen molar-refractivity contribution in [2.45, 2.75) is 13.3 Å². The van der Waals surface area contributed by atoms with Crippen LogP contribution < -0.4 is 16.0 Å². The molecule has 0 aliphatic carbocycles. The van der Waals surface area contributed by atoms with E-state index in [4.69, 9.17) is 5.73 Å². The fourth-order valence-electron chi connectivity index (χ4n) is 1.47. The zero-order valence-electron chi connectivity index (χ0n) is 10.0. The first kappa shape index (κ1) is 12.5. The molecule has 1 heterocycles. The summed E-state index contributed by atoms with van der Waals surface area (Å²) in [5.41, 5.74) is 6.05. The summed E-state index contributed by atoms with van der Waals surface area (Å²) in [6.07, 6.45) is 1.97. The van der Waals surface area contributed by atoms with Gasteiger partial charge in [-0.05, 0) is 6.92 Å². The van der Waals surface area contributed by atoms with Crippen LogP contribution in [0.1, 0.15) is 13.3 Å². The Kier molecular flexibility index (Phi) is 4.30. The molecule has 1 aromatic heterocycles. The second kappa shape index (κ2) is 5.50. The molecule has 0 fully saturated rings. The van der Waals surface area contributed by atoms with Gasteiger partial charge in [0, 0.05) is 33.6 Å². The topological polar surface area (TPSA) is 76.2 Å². The number of nitrogens with one attached hydrogen (secondary N) is 1. The minimum atomic E-state index is -0.0822. The molecule has 0 radical (unpaired) electrons. The van der Waals surface area contributed by atoms with Crippen LogP contribution in [0.5, 0.6) is 0 Å². The molecule has 1 amide bonds. The maximum absolute atomic E-state index is 11.4. The highest BCUT2D eigenvalue weighted by atomic mass is 16.1. The minimum absolute atomic E-state index is 0.0822. The largest absolute Gasteiger partial charge is 0.358 e. The van der Waals surface area contributed by atoms with Gasteiger partial charge in [-0.15, -0.1) is 0 Å². The Balaban J connectivity index is 2.84. The molecule has 0 aromatic carbocycles. The Morgan fingerprint density at radius 1 is 1.69 bits per heavy atom. The quantitative estimate of drug-likeness (QED) is 0.748. The number of hydrogen-bond donors (Lipinski definition) is 2. The number of hydrogen-bond acceptors (Lipinski definition) is 4. The number of aryl methyl sites for hydroxylation is 1. The van der Waals surface area contributed by atoms with Crippen LogP contribution in [0.4, 0.5) is 11.5 Å². The van der Waals surface area contributed by atoms with E-state index in [1.54, 1.807) is 10.9 Å². The van der Waals surface area contributed by atoms with E-state index < -0.39 is 0 Å². The van der Waals surface area contributed by atoms with Crippen molar-refractivity contribution in [3.8, 4) is 0 Å². The fourth-order valence-corrected chi connectivity index (χ4v) is 1.47. The van der Waals surface area contributed by atoms with Crippen LogP contribution in [-0.2, 0) is 11.8 Å². The van der Waals surface area contributed by atoms with Crippen molar-refractivity contribution in [2.75, 3.05) is 30.4 Å². The van der Waals surface area contributed by atoms with Gasteiger partial charge in [0.05, 0.1) is 6.20 Å². The summed E-state index contributed by atoms with van der Waals surface area (Å²) in [6, 6.07) is 0. The highest BCUT2D eigenvalue weighted by molar-refractivity contribution is 5.93. The molecular weight excluding hydrogens is 206 g/mol. The lowest BCUT2D eigenvalue weighted by Crippen LogP contribution is -2.22. The molecule has 0 unspecified atom stereocenters. The second-order valence-electron chi connectivity index (χ2n) is 3.61. The van der Waals surface area contributed by atoms with Gasteiger partial charge in [-0.2, -0.15) is 5.10 Å². The average molecular weight is 225 g/mol. The number of nitrogens with zero attached hydrogens (tertiary/aromatic N) is 3. The standard InChI is InChI=1S/C10H19N5O/c1-4-14(2)10-8(7-12-15(10)3)13-9(16)5-6-11/h7H,4-6,11H2,1-3H3,(H,13,16). The third-order valence-electron chi connectivity index (χ3n) is 2.39. The van der Waals surface area contributed by atoms with Crippen LogP contribution in [-0.4, -0.2) is 35.8 Å². The van der Waals surface area contributed by atoms with Crippen LogP contribution in [0.2, 0.25) is 0 Å². The smallest absolute Gasteiger partial charge is 0.225 e. The van der Waals surface area contributed by atoms with E-state index in [9.17, 15) is 4.79 Å². The maximum Gasteiger partial charge on any atom is 0.225 e. The summed E-state index contributed by atoms with van der Waals surface area (Å²) < 4.78 is 1.74. The van der Waals surface area contributed by atoms with Crippen molar-refractivity contribution in [1.82, 2.24) is 9.78 Å². The molecule has 3 N–H and O–H groups in total. The normalized spacial score (nSPS) is 10.2. The summed E-state index contributed by atoms with van der Waals surface area (Å²) >= 11 is 0. The van der Waals surface area contributed by atoms with Crippen LogP contribution in [0, 0.1) is 0 Å². The van der Waals surface area contributed by atoms with Gasteiger partial charge in [0.1, 0.15) is 11.5 Å². The lowest BCUT2D eigenvalue weighted by Gasteiger charge is -2.18. The third kappa shape index (κ3) is 2.73. The molecule has 0 aliphatic heterocycles. The van der Waals surface area contributed by atoms with Gasteiger partial charge in [-0.1, -0.05) is 0 Å². The summed E-state index contributed by atoms with van der Waals surface area (Å²) in [5, 5.41) is 6.93. The number of rotatable bonds is 5. The molecule has 0 atom stereocenters. The lowest BCUT2D eigenvalue weighted by atomic mass is 10.3. The lowest BCUT2D eigenvalue weighted by molar-refractivity contribution is -0.116. The van der Waals surface area contributed by atoms with Crippen molar-refractivity contribution < 1.29 is 4.79 Å². The predicted octanol–water partition coefficient (Wildman–Crippen LogP) is 0.163. The molecule has 6 heteroatoms. The van der Waals surface area contributed by atoms with Crippen LogP contribution in [0.3, 0.4) is 0 Å². The molecule has 90 valence electrons. The third-order valence-corrected chi connectivity index (χ3v) is 2.39. The van der Waals surface area contributed by atoms with Gasteiger partial charge in [0.25, 0.3) is 0 Å². The van der Waals surface area contributed by atoms with Crippen molar-refractivity contribution in [3.63, 3.8) is 0 Å². The monoisotopic (exact) mass is 225 g/mol. The molecule has 0 spiro atoms. The van der Waals surface area contributed by atoms with Crippen molar-refractivity contribution in [1.29, 1.82) is 0 Å². The average Bonchev–Trinajstić information content (AvgIpc) is 2.59. The predicted molar refractivity (Wildman–Crippen MR) is 64.5 cm³/mol. The molecule has 1 aromatic rings. The molecule has 0 saturated carbocycles. The van der Waals surface area contributed by atoms with Crippen molar-refractivity contribution in [2.24, 2.45) is 12.8 Å². The molecule has 16 heavy (non-hydrogen) atoms. The molecule has 0 bridgehead atoms. The summed E-state index contributed by atoms with van der Waals surface area (Å²) in [6.45, 7) is 3.24. The van der Waals surface area contributed by atoms with E-state index in [0.29, 0.717) is 13.0 Å². The van der Waals surface area contributed by atoms with Gasteiger partial charge in [-0.3, -0.25) is 9.48 Å². The first-order valence-corrected chi connectivity index (χ1v) is 5.33. The first-order chi connectivity index (χ1) is 7.60. The number of carbonyl (C=O) groups is 1. The maximum atomic E-state index is 11.4. The minimum Gasteiger partial charge on any atom is -0.358 e.